The second kappa shape index (κ2) is 8.64. The van der Waals surface area contributed by atoms with Crippen LogP contribution in [-0.4, -0.2) is 16.8 Å². The van der Waals surface area contributed by atoms with Crippen LogP contribution in [-0.2, 0) is 9.59 Å². The number of carbonyl (C=O) groups excluding carboxylic acids is 2. The zero-order valence-corrected chi connectivity index (χ0v) is 19.6. The smallest absolute Gasteiger partial charge is 0.300 e. The van der Waals surface area contributed by atoms with E-state index in [-0.39, 0.29) is 11.3 Å². The molecular weight excluding hydrogens is 469 g/mol. The monoisotopic (exact) mass is 487 g/mol. The summed E-state index contributed by atoms with van der Waals surface area (Å²) in [4.78, 5) is 28.0. The van der Waals surface area contributed by atoms with Gasteiger partial charge >= 0.3 is 0 Å². The summed E-state index contributed by atoms with van der Waals surface area (Å²) in [5, 5.41) is 13.9. The first-order chi connectivity index (χ1) is 16.3. The first kappa shape index (κ1) is 22.2. The number of aliphatic hydroxyl groups is 1. The van der Waals surface area contributed by atoms with Crippen molar-refractivity contribution in [1.29, 1.82) is 0 Å². The molecule has 6 heteroatoms. The predicted octanol–water partition coefficient (Wildman–Crippen LogP) is 7.08. The maximum atomic E-state index is 13.3. The third-order valence-corrected chi connectivity index (χ3v) is 6.78. The Kier molecular flexibility index (Phi) is 5.64. The number of benzene rings is 4. The van der Waals surface area contributed by atoms with Gasteiger partial charge in [0, 0.05) is 11.3 Å². The minimum absolute atomic E-state index is 0.000699. The highest BCUT2D eigenvalue weighted by atomic mass is 35.5. The van der Waals surface area contributed by atoms with Crippen LogP contribution in [0.2, 0.25) is 10.0 Å². The summed E-state index contributed by atoms with van der Waals surface area (Å²) in [5.74, 6) is -1.72. The standard InChI is InChI=1S/C28H19Cl2NO3/c1-16-6-11-21(12-7-16)31-25(19-10-13-22(29)23(30)15-19)24(27(33)28(31)34)26(32)20-9-8-17-4-2-3-5-18(17)14-20/h2-15,25,32H,1H3/b26-24-. The Morgan fingerprint density at radius 3 is 2.24 bits per heavy atom. The number of carbonyl (C=O) groups is 2. The summed E-state index contributed by atoms with van der Waals surface area (Å²) in [6.45, 7) is 1.94. The van der Waals surface area contributed by atoms with Crippen LogP contribution in [0.3, 0.4) is 0 Å². The van der Waals surface area contributed by atoms with Gasteiger partial charge in [-0.05, 0) is 53.6 Å². The van der Waals surface area contributed by atoms with Crippen molar-refractivity contribution in [2.24, 2.45) is 0 Å². The normalized spacial score (nSPS) is 17.5. The summed E-state index contributed by atoms with van der Waals surface area (Å²) in [7, 11) is 0. The molecule has 0 radical (unpaired) electrons. The van der Waals surface area contributed by atoms with Gasteiger partial charge in [-0.1, -0.05) is 83.4 Å². The lowest BCUT2D eigenvalue weighted by Gasteiger charge is -2.26. The highest BCUT2D eigenvalue weighted by Gasteiger charge is 2.47. The number of hydrogen-bond donors (Lipinski definition) is 1. The molecule has 1 aliphatic rings. The molecule has 1 heterocycles. The van der Waals surface area contributed by atoms with Gasteiger partial charge in [0.15, 0.2) is 0 Å². The highest BCUT2D eigenvalue weighted by molar-refractivity contribution is 6.52. The van der Waals surface area contributed by atoms with E-state index in [0.717, 1.165) is 16.3 Å². The molecule has 1 aliphatic heterocycles. The summed E-state index contributed by atoms with van der Waals surface area (Å²) < 4.78 is 0. The summed E-state index contributed by atoms with van der Waals surface area (Å²) >= 11 is 12.4. The lowest BCUT2D eigenvalue weighted by Crippen LogP contribution is -2.29. The summed E-state index contributed by atoms with van der Waals surface area (Å²) in [5.41, 5.74) is 2.57. The molecule has 168 valence electrons. The van der Waals surface area contributed by atoms with Crippen LogP contribution in [0.25, 0.3) is 16.5 Å². The van der Waals surface area contributed by atoms with E-state index >= 15 is 0 Å². The molecule has 0 bridgehead atoms. The van der Waals surface area contributed by atoms with Crippen molar-refractivity contribution in [1.82, 2.24) is 0 Å². The van der Waals surface area contributed by atoms with E-state index in [1.54, 1.807) is 42.5 Å². The Morgan fingerprint density at radius 1 is 0.824 bits per heavy atom. The largest absolute Gasteiger partial charge is 0.507 e. The molecule has 34 heavy (non-hydrogen) atoms. The molecule has 1 amide bonds. The lowest BCUT2D eigenvalue weighted by atomic mass is 9.94. The van der Waals surface area contributed by atoms with Gasteiger partial charge in [-0.15, -0.1) is 0 Å². The van der Waals surface area contributed by atoms with E-state index in [4.69, 9.17) is 23.2 Å². The summed E-state index contributed by atoms with van der Waals surface area (Å²) in [6.07, 6.45) is 0. The molecule has 4 nitrogen and oxygen atoms in total. The first-order valence-corrected chi connectivity index (χ1v) is 11.4. The zero-order chi connectivity index (χ0) is 24.0. The third-order valence-electron chi connectivity index (χ3n) is 6.04. The average molecular weight is 488 g/mol. The van der Waals surface area contributed by atoms with Crippen molar-refractivity contribution in [2.45, 2.75) is 13.0 Å². The highest BCUT2D eigenvalue weighted by Crippen LogP contribution is 2.43. The van der Waals surface area contributed by atoms with Crippen molar-refractivity contribution in [3.05, 3.63) is 117 Å². The topological polar surface area (TPSA) is 57.6 Å². The quantitative estimate of drug-likeness (QED) is 0.190. The van der Waals surface area contributed by atoms with Crippen molar-refractivity contribution in [3.63, 3.8) is 0 Å². The minimum Gasteiger partial charge on any atom is -0.507 e. The Bertz CT molecular complexity index is 1490. The molecule has 0 aromatic heterocycles. The number of halogens is 2. The van der Waals surface area contributed by atoms with E-state index in [2.05, 4.69) is 0 Å². The Hall–Kier alpha value is -3.60. The van der Waals surface area contributed by atoms with Crippen molar-refractivity contribution in [2.75, 3.05) is 4.90 Å². The SMILES string of the molecule is Cc1ccc(N2C(=O)C(=O)/C(=C(\O)c3ccc4ccccc4c3)C2c2ccc(Cl)c(Cl)c2)cc1. The van der Waals surface area contributed by atoms with Gasteiger partial charge in [0.25, 0.3) is 11.7 Å². The number of aryl methyl sites for hydroxylation is 1. The number of anilines is 1. The molecule has 1 unspecified atom stereocenters. The van der Waals surface area contributed by atoms with Gasteiger partial charge in [-0.25, -0.2) is 0 Å². The maximum absolute atomic E-state index is 13.3. The van der Waals surface area contributed by atoms with Crippen LogP contribution in [0.1, 0.15) is 22.7 Å². The van der Waals surface area contributed by atoms with Crippen LogP contribution in [0.15, 0.2) is 90.5 Å². The fourth-order valence-corrected chi connectivity index (χ4v) is 4.60. The molecule has 4 aromatic carbocycles. The molecule has 0 spiro atoms. The second-order valence-electron chi connectivity index (χ2n) is 8.24. The van der Waals surface area contributed by atoms with Gasteiger partial charge in [0.1, 0.15) is 5.76 Å². The van der Waals surface area contributed by atoms with Gasteiger partial charge in [0.05, 0.1) is 21.7 Å². The molecule has 0 aliphatic carbocycles. The number of rotatable bonds is 3. The fourth-order valence-electron chi connectivity index (χ4n) is 4.29. The number of nitrogens with zero attached hydrogens (tertiary/aromatic N) is 1. The van der Waals surface area contributed by atoms with Gasteiger partial charge < -0.3 is 5.11 Å². The minimum atomic E-state index is -0.871. The number of hydrogen-bond acceptors (Lipinski definition) is 3. The molecule has 1 atom stereocenters. The van der Waals surface area contributed by atoms with E-state index in [1.165, 1.54) is 4.90 Å². The Balaban J connectivity index is 1.74. The molecule has 5 rings (SSSR count). The van der Waals surface area contributed by atoms with Gasteiger partial charge in [-0.3, -0.25) is 14.5 Å². The van der Waals surface area contributed by atoms with Crippen LogP contribution in [0.4, 0.5) is 5.69 Å². The van der Waals surface area contributed by atoms with Crippen LogP contribution in [0.5, 0.6) is 0 Å². The van der Waals surface area contributed by atoms with Crippen LogP contribution >= 0.6 is 23.2 Å². The molecule has 1 fully saturated rings. The summed E-state index contributed by atoms with van der Waals surface area (Å²) in [6, 6.07) is 24.5. The van der Waals surface area contributed by atoms with E-state index < -0.39 is 17.7 Å². The van der Waals surface area contributed by atoms with Gasteiger partial charge in [0.2, 0.25) is 0 Å². The number of aliphatic hydroxyl groups excluding tert-OH is 1. The number of ketones is 1. The van der Waals surface area contributed by atoms with Crippen molar-refractivity contribution < 1.29 is 14.7 Å². The Morgan fingerprint density at radius 2 is 1.53 bits per heavy atom. The fraction of sp³-hybridized carbons (Fsp3) is 0.0714. The number of fused-ring (bicyclic) bond motifs is 1. The van der Waals surface area contributed by atoms with Crippen molar-refractivity contribution >= 4 is 57.1 Å². The molecule has 1 N–H and O–H groups in total. The van der Waals surface area contributed by atoms with Crippen LogP contribution < -0.4 is 4.90 Å². The molecule has 1 saturated heterocycles. The Labute approximate surface area is 206 Å². The molecular formula is C28H19Cl2NO3. The number of amides is 1. The first-order valence-electron chi connectivity index (χ1n) is 10.7. The van der Waals surface area contributed by atoms with E-state index in [1.807, 2.05) is 49.4 Å². The average Bonchev–Trinajstić information content (AvgIpc) is 3.11. The molecule has 0 saturated carbocycles. The van der Waals surface area contributed by atoms with E-state index in [0.29, 0.717) is 26.9 Å². The second-order valence-corrected chi connectivity index (χ2v) is 9.05. The zero-order valence-electron chi connectivity index (χ0n) is 18.1. The third kappa shape index (κ3) is 3.75. The van der Waals surface area contributed by atoms with E-state index in [9.17, 15) is 14.7 Å². The molecule has 4 aromatic rings. The van der Waals surface area contributed by atoms with Crippen LogP contribution in [0, 0.1) is 6.92 Å². The lowest BCUT2D eigenvalue weighted by molar-refractivity contribution is -0.132. The van der Waals surface area contributed by atoms with Gasteiger partial charge in [-0.2, -0.15) is 0 Å². The maximum Gasteiger partial charge on any atom is 0.300 e. The van der Waals surface area contributed by atoms with Crippen molar-refractivity contribution in [3.8, 4) is 0 Å². The number of Topliss-reactive ketones (excluding diaryl/α,β-unsaturated/α-hetero) is 1. The predicted molar refractivity (Wildman–Crippen MR) is 136 cm³/mol.